The first-order valence-electron chi connectivity index (χ1n) is 10.1. The molecule has 0 aliphatic carbocycles. The number of amides is 1. The number of carboxylic acids is 1. The number of aromatic nitrogens is 1. The summed E-state index contributed by atoms with van der Waals surface area (Å²) in [4.78, 5) is 28.8. The van der Waals surface area contributed by atoms with E-state index in [0.717, 1.165) is 51.0 Å². The molecule has 0 atom stereocenters. The van der Waals surface area contributed by atoms with Crippen molar-refractivity contribution in [3.63, 3.8) is 0 Å². The van der Waals surface area contributed by atoms with Crippen LogP contribution >= 0.6 is 0 Å². The quantitative estimate of drug-likeness (QED) is 0.681. The molecule has 1 aromatic heterocycles. The van der Waals surface area contributed by atoms with E-state index in [1.165, 1.54) is 4.90 Å². The summed E-state index contributed by atoms with van der Waals surface area (Å²) in [6.45, 7) is 3.71. The summed E-state index contributed by atoms with van der Waals surface area (Å²) in [5, 5.41) is 7.12. The zero-order valence-corrected chi connectivity index (χ0v) is 17.3. The van der Waals surface area contributed by atoms with Gasteiger partial charge in [-0.3, -0.25) is 14.7 Å². The van der Waals surface area contributed by atoms with Gasteiger partial charge in [-0.15, -0.1) is 0 Å². The van der Waals surface area contributed by atoms with Gasteiger partial charge < -0.3 is 10.0 Å². The Bertz CT molecular complexity index is 752. The number of hydrogen-bond acceptors (Lipinski definition) is 4. The van der Waals surface area contributed by atoms with Gasteiger partial charge in [0.05, 0.1) is 5.69 Å². The number of likely N-dealkylation sites (tertiary alicyclic amines) is 2. The molecule has 2 fully saturated rings. The number of carbonyl (C=O) groups excluding carboxylic acids is 1. The van der Waals surface area contributed by atoms with Gasteiger partial charge in [0.2, 0.25) is 5.91 Å². The second-order valence-corrected chi connectivity index (χ2v) is 8.07. The van der Waals surface area contributed by atoms with E-state index in [-0.39, 0.29) is 5.41 Å². The summed E-state index contributed by atoms with van der Waals surface area (Å²) in [6, 6.07) is 5.92. The van der Waals surface area contributed by atoms with Gasteiger partial charge in [-0.05, 0) is 56.3 Å². The molecule has 1 N–H and O–H groups in total. The van der Waals surface area contributed by atoms with Gasteiger partial charge in [-0.2, -0.15) is 26.3 Å². The minimum Gasteiger partial charge on any atom is -0.475 e. The van der Waals surface area contributed by atoms with Crippen LogP contribution in [0.25, 0.3) is 0 Å². The predicted octanol–water partition coefficient (Wildman–Crippen LogP) is 3.87. The standard InChI is InChI=1S/C18H24F3N3O.C2HF3O2/c19-18(20,21)13-16(25)24-11-6-17(7-12-24)4-9-23(10-5-17)14-15-3-1-2-8-22-15;3-2(4,5)1(6)7/h1-3,8H,4-7,9-14H2;(H,6,7). The van der Waals surface area contributed by atoms with Crippen molar-refractivity contribution in [2.24, 2.45) is 5.41 Å². The third-order valence-corrected chi connectivity index (χ3v) is 5.80. The lowest BCUT2D eigenvalue weighted by molar-refractivity contribution is -0.192. The number of hydrogen-bond donors (Lipinski definition) is 1. The van der Waals surface area contributed by atoms with Crippen molar-refractivity contribution in [1.29, 1.82) is 0 Å². The van der Waals surface area contributed by atoms with Gasteiger partial charge in [0.25, 0.3) is 0 Å². The molecule has 3 rings (SSSR count). The third kappa shape index (κ3) is 8.29. The summed E-state index contributed by atoms with van der Waals surface area (Å²) in [5.74, 6) is -3.54. The van der Waals surface area contributed by atoms with Crippen molar-refractivity contribution in [1.82, 2.24) is 14.8 Å². The van der Waals surface area contributed by atoms with Crippen molar-refractivity contribution >= 4 is 11.9 Å². The van der Waals surface area contributed by atoms with Crippen molar-refractivity contribution < 1.29 is 41.0 Å². The Labute approximate surface area is 181 Å². The number of pyridine rings is 1. The monoisotopic (exact) mass is 469 g/mol. The minimum atomic E-state index is -5.08. The molecular formula is C20H25F6N3O3. The molecule has 0 unspecified atom stereocenters. The Kier molecular flexibility index (Phi) is 8.49. The van der Waals surface area contributed by atoms with Crippen molar-refractivity contribution in [3.05, 3.63) is 30.1 Å². The Morgan fingerprint density at radius 2 is 1.50 bits per heavy atom. The van der Waals surface area contributed by atoms with Gasteiger partial charge in [0, 0.05) is 25.8 Å². The number of aliphatic carboxylic acids is 1. The Morgan fingerprint density at radius 3 is 1.94 bits per heavy atom. The van der Waals surface area contributed by atoms with Crippen LogP contribution in [0.3, 0.4) is 0 Å². The van der Waals surface area contributed by atoms with E-state index < -0.39 is 30.6 Å². The summed E-state index contributed by atoms with van der Waals surface area (Å²) < 4.78 is 68.9. The van der Waals surface area contributed by atoms with E-state index in [1.54, 1.807) is 6.20 Å². The van der Waals surface area contributed by atoms with Crippen LogP contribution in [0.1, 0.15) is 37.8 Å². The number of carbonyl (C=O) groups is 2. The zero-order chi connectivity index (χ0) is 24.0. The molecule has 180 valence electrons. The molecule has 0 radical (unpaired) electrons. The van der Waals surface area contributed by atoms with Gasteiger partial charge in [0.1, 0.15) is 6.42 Å². The SMILES string of the molecule is O=C(CC(F)(F)F)N1CCC2(CCN(Cc3ccccn3)CC2)CC1.O=C(O)C(F)(F)F. The Morgan fingerprint density at radius 1 is 0.969 bits per heavy atom. The number of carboxylic acid groups (broad SMARTS) is 1. The topological polar surface area (TPSA) is 73.7 Å². The van der Waals surface area contributed by atoms with Crippen LogP contribution in [0.15, 0.2) is 24.4 Å². The van der Waals surface area contributed by atoms with Crippen LogP contribution < -0.4 is 0 Å². The fourth-order valence-electron chi connectivity index (χ4n) is 3.92. The first kappa shape index (κ1) is 25.9. The van der Waals surface area contributed by atoms with E-state index in [9.17, 15) is 31.1 Å². The Hall–Kier alpha value is -2.37. The fraction of sp³-hybridized carbons (Fsp3) is 0.650. The van der Waals surface area contributed by atoms with Crippen LogP contribution in [-0.4, -0.2) is 70.3 Å². The highest BCUT2D eigenvalue weighted by Crippen LogP contribution is 2.41. The predicted molar refractivity (Wildman–Crippen MR) is 101 cm³/mol. The highest BCUT2D eigenvalue weighted by atomic mass is 19.4. The van der Waals surface area contributed by atoms with Gasteiger partial charge >= 0.3 is 18.3 Å². The molecule has 2 aliphatic heterocycles. The highest BCUT2D eigenvalue weighted by molar-refractivity contribution is 5.77. The second-order valence-electron chi connectivity index (χ2n) is 8.07. The lowest BCUT2D eigenvalue weighted by Gasteiger charge is -2.47. The molecule has 1 aromatic rings. The number of piperidine rings is 2. The largest absolute Gasteiger partial charge is 0.490 e. The van der Waals surface area contributed by atoms with Gasteiger partial charge in [-0.1, -0.05) is 6.07 Å². The first-order chi connectivity index (χ1) is 14.8. The van der Waals surface area contributed by atoms with E-state index >= 15 is 0 Å². The molecule has 32 heavy (non-hydrogen) atoms. The maximum atomic E-state index is 12.4. The van der Waals surface area contributed by atoms with E-state index in [0.29, 0.717) is 13.1 Å². The van der Waals surface area contributed by atoms with Gasteiger partial charge in [-0.25, -0.2) is 4.79 Å². The molecule has 2 aliphatic rings. The van der Waals surface area contributed by atoms with E-state index in [4.69, 9.17) is 9.90 Å². The summed E-state index contributed by atoms with van der Waals surface area (Å²) in [7, 11) is 0. The van der Waals surface area contributed by atoms with Crippen molar-refractivity contribution in [3.8, 4) is 0 Å². The van der Waals surface area contributed by atoms with E-state index in [2.05, 4.69) is 9.88 Å². The molecule has 3 heterocycles. The smallest absolute Gasteiger partial charge is 0.475 e. The highest BCUT2D eigenvalue weighted by Gasteiger charge is 2.40. The molecule has 6 nitrogen and oxygen atoms in total. The lowest BCUT2D eigenvalue weighted by atomic mass is 9.71. The number of alkyl halides is 6. The Balaban J connectivity index is 0.000000451. The van der Waals surface area contributed by atoms with Crippen LogP contribution in [-0.2, 0) is 16.1 Å². The summed E-state index contributed by atoms with van der Waals surface area (Å²) in [6.07, 6.45) is -5.32. The normalized spacial score (nSPS) is 19.2. The first-order valence-corrected chi connectivity index (χ1v) is 10.1. The zero-order valence-electron chi connectivity index (χ0n) is 17.3. The summed E-state index contributed by atoms with van der Waals surface area (Å²) in [5.41, 5.74) is 1.25. The number of halogens is 6. The average molecular weight is 469 g/mol. The van der Waals surface area contributed by atoms with Crippen molar-refractivity contribution in [2.75, 3.05) is 26.2 Å². The maximum absolute atomic E-state index is 12.4. The van der Waals surface area contributed by atoms with Crippen LogP contribution in [0, 0.1) is 5.41 Å². The lowest BCUT2D eigenvalue weighted by Crippen LogP contribution is -2.48. The summed E-state index contributed by atoms with van der Waals surface area (Å²) >= 11 is 0. The molecule has 0 aromatic carbocycles. The molecule has 0 bridgehead atoms. The number of rotatable bonds is 3. The molecular weight excluding hydrogens is 444 g/mol. The van der Waals surface area contributed by atoms with Crippen LogP contribution in [0.5, 0.6) is 0 Å². The van der Waals surface area contributed by atoms with E-state index in [1.807, 2.05) is 18.2 Å². The second kappa shape index (κ2) is 10.5. The minimum absolute atomic E-state index is 0.190. The van der Waals surface area contributed by atoms with Crippen molar-refractivity contribution in [2.45, 2.75) is 51.0 Å². The molecule has 1 spiro atoms. The average Bonchev–Trinajstić information content (AvgIpc) is 2.70. The fourth-order valence-corrected chi connectivity index (χ4v) is 3.92. The molecule has 2 saturated heterocycles. The third-order valence-electron chi connectivity index (χ3n) is 5.80. The number of nitrogens with zero attached hydrogens (tertiary/aromatic N) is 3. The van der Waals surface area contributed by atoms with Gasteiger partial charge in [0.15, 0.2) is 0 Å². The maximum Gasteiger partial charge on any atom is 0.490 e. The van der Waals surface area contributed by atoms with Crippen LogP contribution in [0.4, 0.5) is 26.3 Å². The van der Waals surface area contributed by atoms with Crippen LogP contribution in [0.2, 0.25) is 0 Å². The molecule has 12 heteroatoms. The molecule has 0 saturated carbocycles. The molecule has 1 amide bonds.